The molecule has 17 heavy (non-hydrogen) atoms. The Kier molecular flexibility index (Phi) is 4.84. The van der Waals surface area contributed by atoms with Gasteiger partial charge in [0.25, 0.3) is 0 Å². The van der Waals surface area contributed by atoms with E-state index in [-0.39, 0.29) is 5.92 Å². The Balaban J connectivity index is 2.56. The summed E-state index contributed by atoms with van der Waals surface area (Å²) in [6.07, 6.45) is 3.22. The average Bonchev–Trinajstić information content (AvgIpc) is 2.29. The Morgan fingerprint density at radius 3 is 2.47 bits per heavy atom. The van der Waals surface area contributed by atoms with E-state index < -0.39 is 12.0 Å². The van der Waals surface area contributed by atoms with Crippen LogP contribution in [0.25, 0.3) is 0 Å². The molecule has 1 aromatic rings. The fourth-order valence-corrected chi connectivity index (χ4v) is 1.38. The number of hydrogen-bond donors (Lipinski definition) is 2. The molecule has 0 aromatic carbocycles. The Hall–Kier alpha value is -1.69. The van der Waals surface area contributed by atoms with Crippen molar-refractivity contribution in [2.45, 2.75) is 26.4 Å². The number of aliphatic carboxylic acids is 1. The Labute approximate surface area is 100 Å². The first-order chi connectivity index (χ1) is 8.04. The standard InChI is InChI=1S/C11H17N3O3/c1-7(2)9(10(15)16)12-4-8-5-13-11(17-3)14-6-8/h5-7,9,12H,4H2,1-3H3,(H,15,16)/t9-/m0/s1. The highest BCUT2D eigenvalue weighted by molar-refractivity contribution is 5.73. The Morgan fingerprint density at radius 2 is 2.06 bits per heavy atom. The maximum atomic E-state index is 10.9. The highest BCUT2D eigenvalue weighted by Crippen LogP contribution is 2.05. The second-order valence-corrected chi connectivity index (χ2v) is 4.02. The molecule has 2 N–H and O–H groups in total. The van der Waals surface area contributed by atoms with Crippen LogP contribution in [0.3, 0.4) is 0 Å². The predicted molar refractivity (Wildman–Crippen MR) is 61.7 cm³/mol. The van der Waals surface area contributed by atoms with Crippen LogP contribution in [0.1, 0.15) is 19.4 Å². The van der Waals surface area contributed by atoms with Crippen molar-refractivity contribution in [3.8, 4) is 6.01 Å². The van der Waals surface area contributed by atoms with Crippen molar-refractivity contribution < 1.29 is 14.6 Å². The summed E-state index contributed by atoms with van der Waals surface area (Å²) in [4.78, 5) is 18.8. The maximum absolute atomic E-state index is 10.9. The molecule has 0 aliphatic heterocycles. The number of nitrogens with one attached hydrogen (secondary N) is 1. The van der Waals surface area contributed by atoms with Crippen molar-refractivity contribution in [1.29, 1.82) is 0 Å². The molecule has 0 amide bonds. The highest BCUT2D eigenvalue weighted by atomic mass is 16.5. The van der Waals surface area contributed by atoms with Crippen LogP contribution in [0.5, 0.6) is 6.01 Å². The van der Waals surface area contributed by atoms with Crippen LogP contribution in [0, 0.1) is 5.92 Å². The summed E-state index contributed by atoms with van der Waals surface area (Å²) < 4.78 is 4.83. The number of nitrogens with zero attached hydrogens (tertiary/aromatic N) is 2. The SMILES string of the molecule is COc1ncc(CN[C@H](C(=O)O)C(C)C)cn1. The van der Waals surface area contributed by atoms with Crippen LogP contribution in [0.2, 0.25) is 0 Å². The number of carboxylic acids is 1. The van der Waals surface area contributed by atoms with Gasteiger partial charge in [0.1, 0.15) is 6.04 Å². The molecule has 0 saturated heterocycles. The summed E-state index contributed by atoms with van der Waals surface area (Å²) in [6.45, 7) is 4.13. The number of rotatable bonds is 6. The molecule has 0 spiro atoms. The van der Waals surface area contributed by atoms with Gasteiger partial charge in [-0.05, 0) is 5.92 Å². The molecular weight excluding hydrogens is 222 g/mol. The molecule has 0 aliphatic rings. The lowest BCUT2D eigenvalue weighted by atomic mass is 10.0. The van der Waals surface area contributed by atoms with E-state index in [4.69, 9.17) is 9.84 Å². The molecule has 0 radical (unpaired) electrons. The van der Waals surface area contributed by atoms with Gasteiger partial charge in [-0.25, -0.2) is 9.97 Å². The van der Waals surface area contributed by atoms with Crippen LogP contribution in [0.15, 0.2) is 12.4 Å². The van der Waals surface area contributed by atoms with Crippen molar-refractivity contribution in [2.75, 3.05) is 7.11 Å². The third kappa shape index (κ3) is 3.99. The molecule has 0 unspecified atom stereocenters. The summed E-state index contributed by atoms with van der Waals surface area (Å²) in [5.74, 6) is -0.832. The number of methoxy groups -OCH3 is 1. The van der Waals surface area contributed by atoms with Gasteiger partial charge >= 0.3 is 12.0 Å². The van der Waals surface area contributed by atoms with Crippen LogP contribution in [0.4, 0.5) is 0 Å². The zero-order valence-electron chi connectivity index (χ0n) is 10.2. The lowest BCUT2D eigenvalue weighted by Gasteiger charge is -2.17. The molecular formula is C11H17N3O3. The minimum atomic E-state index is -0.852. The van der Waals surface area contributed by atoms with E-state index in [2.05, 4.69) is 15.3 Å². The third-order valence-electron chi connectivity index (χ3n) is 2.32. The second kappa shape index (κ2) is 6.15. The average molecular weight is 239 g/mol. The number of aromatic nitrogens is 2. The molecule has 1 heterocycles. The number of carboxylic acid groups (broad SMARTS) is 1. The van der Waals surface area contributed by atoms with E-state index >= 15 is 0 Å². The van der Waals surface area contributed by atoms with Crippen LogP contribution < -0.4 is 10.1 Å². The third-order valence-corrected chi connectivity index (χ3v) is 2.32. The fraction of sp³-hybridized carbons (Fsp3) is 0.545. The quantitative estimate of drug-likeness (QED) is 0.759. The smallest absolute Gasteiger partial charge is 0.320 e. The molecule has 6 nitrogen and oxygen atoms in total. The molecule has 94 valence electrons. The second-order valence-electron chi connectivity index (χ2n) is 4.02. The van der Waals surface area contributed by atoms with Gasteiger partial charge < -0.3 is 9.84 Å². The van der Waals surface area contributed by atoms with Crippen molar-refractivity contribution in [2.24, 2.45) is 5.92 Å². The first-order valence-corrected chi connectivity index (χ1v) is 5.35. The molecule has 6 heteroatoms. The van der Waals surface area contributed by atoms with Crippen molar-refractivity contribution in [1.82, 2.24) is 15.3 Å². The van der Waals surface area contributed by atoms with Gasteiger partial charge in [-0.1, -0.05) is 13.8 Å². The first kappa shape index (κ1) is 13.4. The molecule has 1 aromatic heterocycles. The summed E-state index contributed by atoms with van der Waals surface area (Å²) in [6, 6.07) is -0.274. The number of hydrogen-bond acceptors (Lipinski definition) is 5. The summed E-state index contributed by atoms with van der Waals surface area (Å²) in [5, 5.41) is 11.9. The molecule has 0 fully saturated rings. The van der Waals surface area contributed by atoms with E-state index in [1.54, 1.807) is 12.4 Å². The van der Waals surface area contributed by atoms with Gasteiger partial charge in [-0.15, -0.1) is 0 Å². The summed E-state index contributed by atoms with van der Waals surface area (Å²) >= 11 is 0. The lowest BCUT2D eigenvalue weighted by Crippen LogP contribution is -2.40. The monoisotopic (exact) mass is 239 g/mol. The number of ether oxygens (including phenoxy) is 1. The van der Waals surface area contributed by atoms with Gasteiger partial charge in [0.2, 0.25) is 0 Å². The molecule has 0 bridgehead atoms. The van der Waals surface area contributed by atoms with E-state index in [0.29, 0.717) is 12.6 Å². The van der Waals surface area contributed by atoms with Crippen molar-refractivity contribution >= 4 is 5.97 Å². The maximum Gasteiger partial charge on any atom is 0.320 e. The van der Waals surface area contributed by atoms with Crippen LogP contribution in [-0.2, 0) is 11.3 Å². The lowest BCUT2D eigenvalue weighted by molar-refractivity contribution is -0.140. The minimum absolute atomic E-state index is 0.0201. The first-order valence-electron chi connectivity index (χ1n) is 5.35. The topological polar surface area (TPSA) is 84.3 Å². The predicted octanol–water partition coefficient (Wildman–Crippen LogP) is 0.684. The van der Waals surface area contributed by atoms with Crippen LogP contribution >= 0.6 is 0 Å². The van der Waals surface area contributed by atoms with E-state index in [1.165, 1.54) is 7.11 Å². The highest BCUT2D eigenvalue weighted by Gasteiger charge is 2.20. The van der Waals surface area contributed by atoms with Gasteiger partial charge in [-0.2, -0.15) is 0 Å². The summed E-state index contributed by atoms with van der Waals surface area (Å²) in [7, 11) is 1.49. The van der Waals surface area contributed by atoms with Gasteiger partial charge in [0.15, 0.2) is 0 Å². The van der Waals surface area contributed by atoms with Gasteiger partial charge in [0.05, 0.1) is 7.11 Å². The fourth-order valence-electron chi connectivity index (χ4n) is 1.38. The Bertz CT molecular complexity index is 365. The van der Waals surface area contributed by atoms with Gasteiger partial charge in [-0.3, -0.25) is 10.1 Å². The molecule has 1 rings (SSSR count). The zero-order chi connectivity index (χ0) is 12.8. The molecule has 1 atom stereocenters. The minimum Gasteiger partial charge on any atom is -0.480 e. The largest absolute Gasteiger partial charge is 0.480 e. The van der Waals surface area contributed by atoms with Crippen molar-refractivity contribution in [3.05, 3.63) is 18.0 Å². The van der Waals surface area contributed by atoms with E-state index in [0.717, 1.165) is 5.56 Å². The van der Waals surface area contributed by atoms with E-state index in [9.17, 15) is 4.79 Å². The zero-order valence-corrected chi connectivity index (χ0v) is 10.2. The Morgan fingerprint density at radius 1 is 1.47 bits per heavy atom. The van der Waals surface area contributed by atoms with Gasteiger partial charge in [0, 0.05) is 24.5 Å². The normalized spacial score (nSPS) is 12.5. The number of carbonyl (C=O) groups is 1. The molecule has 0 aliphatic carbocycles. The van der Waals surface area contributed by atoms with Crippen LogP contribution in [-0.4, -0.2) is 34.2 Å². The van der Waals surface area contributed by atoms with E-state index in [1.807, 2.05) is 13.8 Å². The summed E-state index contributed by atoms with van der Waals surface area (Å²) in [5.41, 5.74) is 0.817. The van der Waals surface area contributed by atoms with Crippen molar-refractivity contribution in [3.63, 3.8) is 0 Å². The molecule has 0 saturated carbocycles.